The number of carbonyl (C=O) groups is 1. The van der Waals surface area contributed by atoms with Crippen molar-refractivity contribution in [2.24, 2.45) is 0 Å². The molecule has 0 aliphatic carbocycles. The molecule has 1 aliphatic heterocycles. The van der Waals surface area contributed by atoms with Crippen LogP contribution in [0.3, 0.4) is 0 Å². The maximum atomic E-state index is 12.8. The predicted octanol–water partition coefficient (Wildman–Crippen LogP) is 3.36. The van der Waals surface area contributed by atoms with Gasteiger partial charge < -0.3 is 10.1 Å². The van der Waals surface area contributed by atoms with E-state index in [1.807, 2.05) is 31.2 Å². The van der Waals surface area contributed by atoms with Gasteiger partial charge in [-0.25, -0.2) is 8.42 Å². The van der Waals surface area contributed by atoms with E-state index in [4.69, 9.17) is 4.74 Å². The predicted molar refractivity (Wildman–Crippen MR) is 108 cm³/mol. The van der Waals surface area contributed by atoms with E-state index in [2.05, 4.69) is 5.32 Å². The first-order valence-corrected chi connectivity index (χ1v) is 10.9. The number of nitrogens with zero attached hydrogens (tertiary/aromatic N) is 1. The molecule has 0 aromatic heterocycles. The van der Waals surface area contributed by atoms with E-state index in [9.17, 15) is 13.2 Å². The molecule has 6 nitrogen and oxygen atoms in total. The van der Waals surface area contributed by atoms with Gasteiger partial charge in [-0.15, -0.1) is 0 Å². The van der Waals surface area contributed by atoms with Crippen LogP contribution in [0.25, 0.3) is 0 Å². The molecule has 2 aromatic rings. The van der Waals surface area contributed by atoms with E-state index in [-0.39, 0.29) is 16.8 Å². The summed E-state index contributed by atoms with van der Waals surface area (Å²) < 4.78 is 32.2. The highest BCUT2D eigenvalue weighted by Gasteiger charge is 2.27. The van der Waals surface area contributed by atoms with Gasteiger partial charge in [-0.1, -0.05) is 25.1 Å². The summed E-state index contributed by atoms with van der Waals surface area (Å²) in [5.74, 6) is 0.464. The molecule has 1 N–H and O–H groups in total. The molecule has 1 saturated heterocycles. The number of amides is 1. The van der Waals surface area contributed by atoms with Crippen LogP contribution in [0, 0.1) is 0 Å². The van der Waals surface area contributed by atoms with Gasteiger partial charge in [0.1, 0.15) is 5.75 Å². The standard InChI is InChI=1S/C21H26N2O4S/c1-3-20(16-9-11-18(27-2)12-10-16)22-21(24)17-7-6-8-19(15-17)28(25,26)23-13-4-5-14-23/h6-12,15,20H,3-5,13-14H2,1-2H3,(H,22,24)/t20-/m1/s1. The van der Waals surface area contributed by atoms with Crippen LogP contribution in [0.2, 0.25) is 0 Å². The van der Waals surface area contributed by atoms with Crippen molar-refractivity contribution >= 4 is 15.9 Å². The molecule has 1 atom stereocenters. The monoisotopic (exact) mass is 402 g/mol. The number of carbonyl (C=O) groups excluding carboxylic acids is 1. The Hall–Kier alpha value is -2.38. The number of ether oxygens (including phenoxy) is 1. The molecule has 28 heavy (non-hydrogen) atoms. The fourth-order valence-electron chi connectivity index (χ4n) is 3.37. The number of benzene rings is 2. The third-order valence-corrected chi connectivity index (χ3v) is 6.93. The van der Waals surface area contributed by atoms with Crippen LogP contribution in [0.5, 0.6) is 5.75 Å². The fraction of sp³-hybridized carbons (Fsp3) is 0.381. The van der Waals surface area contributed by atoms with Gasteiger partial charge in [0.25, 0.3) is 5.91 Å². The van der Waals surface area contributed by atoms with E-state index < -0.39 is 10.0 Å². The van der Waals surface area contributed by atoms with Crippen molar-refractivity contribution in [3.63, 3.8) is 0 Å². The molecule has 2 aromatic carbocycles. The zero-order chi connectivity index (χ0) is 20.1. The van der Waals surface area contributed by atoms with E-state index in [1.165, 1.54) is 10.4 Å². The van der Waals surface area contributed by atoms with Crippen molar-refractivity contribution in [2.45, 2.75) is 37.1 Å². The Bertz CT molecular complexity index is 920. The Balaban J connectivity index is 1.78. The molecule has 1 amide bonds. The van der Waals surface area contributed by atoms with E-state index >= 15 is 0 Å². The summed E-state index contributed by atoms with van der Waals surface area (Å²) in [5.41, 5.74) is 1.31. The maximum absolute atomic E-state index is 12.8. The SMILES string of the molecule is CC[C@@H](NC(=O)c1cccc(S(=O)(=O)N2CCCC2)c1)c1ccc(OC)cc1. The highest BCUT2D eigenvalue weighted by molar-refractivity contribution is 7.89. The first-order chi connectivity index (χ1) is 13.5. The van der Waals surface area contributed by atoms with Crippen molar-refractivity contribution in [3.8, 4) is 5.75 Å². The Kier molecular flexibility index (Phi) is 6.36. The maximum Gasteiger partial charge on any atom is 0.251 e. The lowest BCUT2D eigenvalue weighted by Gasteiger charge is -2.19. The molecule has 150 valence electrons. The number of methoxy groups -OCH3 is 1. The lowest BCUT2D eigenvalue weighted by atomic mass is 10.0. The van der Waals surface area contributed by atoms with E-state index in [0.29, 0.717) is 25.1 Å². The van der Waals surface area contributed by atoms with Crippen LogP contribution in [-0.2, 0) is 10.0 Å². The molecule has 0 bridgehead atoms. The normalized spacial score (nSPS) is 15.9. The van der Waals surface area contributed by atoms with Crippen molar-refractivity contribution in [1.82, 2.24) is 9.62 Å². The zero-order valence-electron chi connectivity index (χ0n) is 16.2. The van der Waals surface area contributed by atoms with Crippen LogP contribution >= 0.6 is 0 Å². The average Bonchev–Trinajstić information content (AvgIpc) is 3.28. The number of rotatable bonds is 7. The van der Waals surface area contributed by atoms with Crippen molar-refractivity contribution in [3.05, 3.63) is 59.7 Å². The largest absolute Gasteiger partial charge is 0.497 e. The molecule has 1 aliphatic rings. The third kappa shape index (κ3) is 4.36. The molecule has 0 spiro atoms. The number of sulfonamides is 1. The summed E-state index contributed by atoms with van der Waals surface area (Å²) in [6.07, 6.45) is 2.46. The number of nitrogens with one attached hydrogen (secondary N) is 1. The molecule has 7 heteroatoms. The molecule has 0 radical (unpaired) electrons. The van der Waals surface area contributed by atoms with Gasteiger partial charge in [0.05, 0.1) is 18.0 Å². The molecule has 1 heterocycles. The summed E-state index contributed by atoms with van der Waals surface area (Å²) in [5, 5.41) is 3.00. The van der Waals surface area contributed by atoms with Crippen molar-refractivity contribution in [2.75, 3.05) is 20.2 Å². The van der Waals surface area contributed by atoms with Gasteiger partial charge in [0.2, 0.25) is 10.0 Å². The molecule has 1 fully saturated rings. The van der Waals surface area contributed by atoms with Crippen LogP contribution in [0.15, 0.2) is 53.4 Å². The highest BCUT2D eigenvalue weighted by atomic mass is 32.2. The number of hydrogen-bond acceptors (Lipinski definition) is 4. The van der Waals surface area contributed by atoms with E-state index in [0.717, 1.165) is 24.2 Å². The second kappa shape index (κ2) is 8.75. The second-order valence-corrected chi connectivity index (χ2v) is 8.78. The van der Waals surface area contributed by atoms with Crippen LogP contribution in [-0.4, -0.2) is 38.8 Å². The van der Waals surface area contributed by atoms with Crippen LogP contribution in [0.1, 0.15) is 48.1 Å². The summed E-state index contributed by atoms with van der Waals surface area (Å²) in [6, 6.07) is 13.6. The Labute approximate surface area is 166 Å². The van der Waals surface area contributed by atoms with Gasteiger partial charge in [-0.2, -0.15) is 4.31 Å². The van der Waals surface area contributed by atoms with Gasteiger partial charge in [0, 0.05) is 18.7 Å². The zero-order valence-corrected chi connectivity index (χ0v) is 17.0. The van der Waals surface area contributed by atoms with Crippen molar-refractivity contribution < 1.29 is 17.9 Å². The summed E-state index contributed by atoms with van der Waals surface area (Å²) in [7, 11) is -1.94. The first kappa shape index (κ1) is 20.4. The van der Waals surface area contributed by atoms with Gasteiger partial charge in [-0.3, -0.25) is 4.79 Å². The highest BCUT2D eigenvalue weighted by Crippen LogP contribution is 2.23. The fourth-order valence-corrected chi connectivity index (χ4v) is 4.94. The lowest BCUT2D eigenvalue weighted by molar-refractivity contribution is 0.0935. The number of hydrogen-bond donors (Lipinski definition) is 1. The van der Waals surface area contributed by atoms with Gasteiger partial charge in [-0.05, 0) is 55.2 Å². The molecular weight excluding hydrogens is 376 g/mol. The minimum absolute atomic E-state index is 0.166. The van der Waals surface area contributed by atoms with Crippen LogP contribution in [0.4, 0.5) is 0 Å². The second-order valence-electron chi connectivity index (χ2n) is 6.85. The molecule has 0 saturated carbocycles. The Morgan fingerprint density at radius 3 is 2.43 bits per heavy atom. The quantitative estimate of drug-likeness (QED) is 0.771. The molecular formula is C21H26N2O4S. The summed E-state index contributed by atoms with van der Waals surface area (Å²) in [6.45, 7) is 3.06. The minimum atomic E-state index is -3.55. The third-order valence-electron chi connectivity index (χ3n) is 5.03. The topological polar surface area (TPSA) is 75.7 Å². The van der Waals surface area contributed by atoms with Gasteiger partial charge >= 0.3 is 0 Å². The lowest BCUT2D eigenvalue weighted by Crippen LogP contribution is -2.30. The van der Waals surface area contributed by atoms with Crippen LogP contribution < -0.4 is 10.1 Å². The average molecular weight is 403 g/mol. The smallest absolute Gasteiger partial charge is 0.251 e. The van der Waals surface area contributed by atoms with Crippen molar-refractivity contribution in [1.29, 1.82) is 0 Å². The molecule has 3 rings (SSSR count). The first-order valence-electron chi connectivity index (χ1n) is 9.50. The molecule has 0 unspecified atom stereocenters. The Morgan fingerprint density at radius 2 is 1.82 bits per heavy atom. The Morgan fingerprint density at radius 1 is 1.14 bits per heavy atom. The van der Waals surface area contributed by atoms with Gasteiger partial charge in [0.15, 0.2) is 0 Å². The summed E-state index contributed by atoms with van der Waals surface area (Å²) in [4.78, 5) is 12.9. The summed E-state index contributed by atoms with van der Waals surface area (Å²) >= 11 is 0. The minimum Gasteiger partial charge on any atom is -0.497 e. The van der Waals surface area contributed by atoms with E-state index in [1.54, 1.807) is 25.3 Å².